The van der Waals surface area contributed by atoms with Gasteiger partial charge >= 0.3 is 5.97 Å². The number of carbonyl (C=O) groups excluding carboxylic acids is 1. The number of rotatable bonds is 4. The van der Waals surface area contributed by atoms with Crippen molar-refractivity contribution in [3.8, 4) is 5.75 Å². The number of aryl methyl sites for hydroxylation is 1. The van der Waals surface area contributed by atoms with Crippen LogP contribution in [0.2, 0.25) is 0 Å². The van der Waals surface area contributed by atoms with E-state index in [1.165, 1.54) is 0 Å². The molecule has 2 rings (SSSR count). The summed E-state index contributed by atoms with van der Waals surface area (Å²) in [7, 11) is 0. The van der Waals surface area contributed by atoms with Crippen molar-refractivity contribution in [3.05, 3.63) is 29.3 Å². The molecule has 1 aromatic carbocycles. The number of ether oxygens (including phenoxy) is 2. The van der Waals surface area contributed by atoms with Gasteiger partial charge in [0.25, 0.3) is 0 Å². The van der Waals surface area contributed by atoms with Gasteiger partial charge in [-0.05, 0) is 43.0 Å². The van der Waals surface area contributed by atoms with Crippen LogP contribution in [0.4, 0.5) is 0 Å². The molecule has 1 N–H and O–H groups in total. The van der Waals surface area contributed by atoms with E-state index in [1.54, 1.807) is 13.0 Å². The lowest BCUT2D eigenvalue weighted by Crippen LogP contribution is -2.14. The first-order valence-electron chi connectivity index (χ1n) is 5.80. The molecule has 92 valence electrons. The summed E-state index contributed by atoms with van der Waals surface area (Å²) in [6.07, 6.45) is 1.26. The fourth-order valence-corrected chi connectivity index (χ4v) is 2.01. The highest BCUT2D eigenvalue weighted by Crippen LogP contribution is 2.33. The van der Waals surface area contributed by atoms with E-state index in [0.717, 1.165) is 24.0 Å². The summed E-state index contributed by atoms with van der Waals surface area (Å²) >= 11 is 0. The maximum Gasteiger partial charge on any atom is 0.344 e. The van der Waals surface area contributed by atoms with Gasteiger partial charge in [-0.25, -0.2) is 4.79 Å². The first kappa shape index (κ1) is 11.9. The molecule has 4 heteroatoms. The standard InChI is InChI=1S/C13H16O4/c1-2-16-13(15)8-17-10-4-5-11-9(7-10)3-6-12(11)14/h4-5,7,12,14H,2-3,6,8H2,1H3/t12-/m0/s1. The van der Waals surface area contributed by atoms with E-state index in [-0.39, 0.29) is 18.7 Å². The number of esters is 1. The molecule has 1 aliphatic carbocycles. The smallest absolute Gasteiger partial charge is 0.344 e. The average Bonchev–Trinajstić information content (AvgIpc) is 2.69. The molecule has 0 fully saturated rings. The number of aliphatic hydroxyl groups is 1. The van der Waals surface area contributed by atoms with Crippen LogP contribution in [0.1, 0.15) is 30.6 Å². The zero-order chi connectivity index (χ0) is 12.3. The van der Waals surface area contributed by atoms with E-state index < -0.39 is 0 Å². The van der Waals surface area contributed by atoms with Crippen LogP contribution >= 0.6 is 0 Å². The fraction of sp³-hybridized carbons (Fsp3) is 0.462. The molecule has 0 amide bonds. The molecule has 0 heterocycles. The van der Waals surface area contributed by atoms with Crippen molar-refractivity contribution in [1.82, 2.24) is 0 Å². The highest BCUT2D eigenvalue weighted by atomic mass is 16.6. The van der Waals surface area contributed by atoms with Crippen LogP contribution in [0.25, 0.3) is 0 Å². The van der Waals surface area contributed by atoms with E-state index >= 15 is 0 Å². The van der Waals surface area contributed by atoms with Crippen molar-refractivity contribution in [1.29, 1.82) is 0 Å². The van der Waals surface area contributed by atoms with Crippen molar-refractivity contribution < 1.29 is 19.4 Å². The van der Waals surface area contributed by atoms with Crippen LogP contribution in [0.5, 0.6) is 5.75 Å². The number of carbonyl (C=O) groups is 1. The highest BCUT2D eigenvalue weighted by Gasteiger charge is 2.20. The Morgan fingerprint density at radius 1 is 1.53 bits per heavy atom. The Morgan fingerprint density at radius 3 is 3.12 bits per heavy atom. The van der Waals surface area contributed by atoms with Crippen LogP contribution in [-0.4, -0.2) is 24.3 Å². The summed E-state index contributed by atoms with van der Waals surface area (Å²) in [5.74, 6) is 0.277. The van der Waals surface area contributed by atoms with Crippen molar-refractivity contribution in [2.24, 2.45) is 0 Å². The first-order chi connectivity index (χ1) is 8.20. The van der Waals surface area contributed by atoms with E-state index in [1.807, 2.05) is 12.1 Å². The summed E-state index contributed by atoms with van der Waals surface area (Å²) in [6, 6.07) is 5.50. The van der Waals surface area contributed by atoms with Gasteiger partial charge in [0, 0.05) is 0 Å². The predicted octanol–water partition coefficient (Wildman–Crippen LogP) is 1.61. The number of hydrogen-bond donors (Lipinski definition) is 1. The quantitative estimate of drug-likeness (QED) is 0.807. The maximum absolute atomic E-state index is 11.1. The van der Waals surface area contributed by atoms with Crippen LogP contribution < -0.4 is 4.74 Å². The van der Waals surface area contributed by atoms with Crippen LogP contribution in [-0.2, 0) is 16.0 Å². The van der Waals surface area contributed by atoms with Gasteiger partial charge in [-0.15, -0.1) is 0 Å². The van der Waals surface area contributed by atoms with E-state index in [2.05, 4.69) is 0 Å². The number of fused-ring (bicyclic) bond motifs is 1. The highest BCUT2D eigenvalue weighted by molar-refractivity contribution is 5.71. The molecule has 0 radical (unpaired) electrons. The molecule has 1 aliphatic rings. The van der Waals surface area contributed by atoms with Crippen LogP contribution in [0.3, 0.4) is 0 Å². The summed E-state index contributed by atoms with van der Waals surface area (Å²) in [4.78, 5) is 11.1. The minimum atomic E-state index is -0.368. The lowest BCUT2D eigenvalue weighted by atomic mass is 10.1. The van der Waals surface area contributed by atoms with Gasteiger partial charge in [0.2, 0.25) is 0 Å². The fourth-order valence-electron chi connectivity index (χ4n) is 2.01. The second-order valence-corrected chi connectivity index (χ2v) is 4.01. The normalized spacial score (nSPS) is 17.6. The molecule has 17 heavy (non-hydrogen) atoms. The minimum Gasteiger partial charge on any atom is -0.482 e. The van der Waals surface area contributed by atoms with Crippen LogP contribution in [0, 0.1) is 0 Å². The van der Waals surface area contributed by atoms with Gasteiger partial charge in [-0.2, -0.15) is 0 Å². The predicted molar refractivity (Wildman–Crippen MR) is 61.9 cm³/mol. The largest absolute Gasteiger partial charge is 0.482 e. The molecule has 0 saturated heterocycles. The monoisotopic (exact) mass is 236 g/mol. The van der Waals surface area contributed by atoms with Gasteiger partial charge in [-0.1, -0.05) is 6.07 Å². The molecule has 1 aromatic rings. The first-order valence-corrected chi connectivity index (χ1v) is 5.80. The molecule has 0 saturated carbocycles. The Hall–Kier alpha value is -1.55. The zero-order valence-corrected chi connectivity index (χ0v) is 9.81. The molecular formula is C13H16O4. The second-order valence-electron chi connectivity index (χ2n) is 4.01. The van der Waals surface area contributed by atoms with E-state index in [4.69, 9.17) is 9.47 Å². The third-order valence-electron chi connectivity index (χ3n) is 2.82. The Morgan fingerprint density at radius 2 is 2.35 bits per heavy atom. The van der Waals surface area contributed by atoms with Crippen molar-refractivity contribution in [2.45, 2.75) is 25.9 Å². The zero-order valence-electron chi connectivity index (χ0n) is 9.81. The lowest BCUT2D eigenvalue weighted by molar-refractivity contribution is -0.145. The molecule has 0 spiro atoms. The lowest BCUT2D eigenvalue weighted by Gasteiger charge is -2.08. The SMILES string of the molecule is CCOC(=O)COc1ccc2c(c1)CC[C@@H]2O. The van der Waals surface area contributed by atoms with E-state index in [0.29, 0.717) is 12.4 Å². The molecule has 4 nitrogen and oxygen atoms in total. The Kier molecular flexibility index (Phi) is 3.64. The Balaban J connectivity index is 1.97. The van der Waals surface area contributed by atoms with Crippen LogP contribution in [0.15, 0.2) is 18.2 Å². The minimum absolute atomic E-state index is 0.0742. The summed E-state index contributed by atoms with van der Waals surface area (Å²) in [5.41, 5.74) is 2.06. The average molecular weight is 236 g/mol. The summed E-state index contributed by atoms with van der Waals surface area (Å²) < 4.78 is 10.1. The van der Waals surface area contributed by atoms with Crippen molar-refractivity contribution in [3.63, 3.8) is 0 Å². The summed E-state index contributed by atoms with van der Waals surface area (Å²) in [5, 5.41) is 9.65. The Bertz CT molecular complexity index is 414. The van der Waals surface area contributed by atoms with Gasteiger partial charge in [0.15, 0.2) is 6.61 Å². The molecule has 1 atom stereocenters. The second kappa shape index (κ2) is 5.19. The molecule has 0 aromatic heterocycles. The van der Waals surface area contributed by atoms with Gasteiger partial charge in [0.1, 0.15) is 5.75 Å². The molecule has 0 unspecified atom stereocenters. The number of hydrogen-bond acceptors (Lipinski definition) is 4. The maximum atomic E-state index is 11.1. The summed E-state index contributed by atoms with van der Waals surface area (Å²) in [6.45, 7) is 2.04. The molecule has 0 aliphatic heterocycles. The third-order valence-corrected chi connectivity index (χ3v) is 2.82. The van der Waals surface area contributed by atoms with Gasteiger partial charge in [0.05, 0.1) is 12.7 Å². The number of aliphatic hydroxyl groups excluding tert-OH is 1. The molecular weight excluding hydrogens is 220 g/mol. The Labute approximate surface area is 100 Å². The third kappa shape index (κ3) is 2.77. The van der Waals surface area contributed by atoms with Crippen molar-refractivity contribution >= 4 is 5.97 Å². The van der Waals surface area contributed by atoms with E-state index in [9.17, 15) is 9.90 Å². The van der Waals surface area contributed by atoms with Gasteiger partial charge in [-0.3, -0.25) is 0 Å². The number of benzene rings is 1. The topological polar surface area (TPSA) is 55.8 Å². The van der Waals surface area contributed by atoms with Gasteiger partial charge < -0.3 is 14.6 Å². The van der Waals surface area contributed by atoms with Crippen molar-refractivity contribution in [2.75, 3.05) is 13.2 Å². The molecule has 0 bridgehead atoms.